The number of fused-ring (bicyclic) bond motifs is 1. The van der Waals surface area contributed by atoms with Gasteiger partial charge in [0.1, 0.15) is 0 Å². The van der Waals surface area contributed by atoms with Crippen molar-refractivity contribution < 1.29 is 0 Å². The summed E-state index contributed by atoms with van der Waals surface area (Å²) in [7, 11) is 0. The molecule has 0 fully saturated rings. The van der Waals surface area contributed by atoms with Crippen LogP contribution in [0.25, 0.3) is 17.0 Å². The summed E-state index contributed by atoms with van der Waals surface area (Å²) in [4.78, 5) is 3.23. The Balaban J connectivity index is 2.44. The topological polar surface area (TPSA) is 15.8 Å². The van der Waals surface area contributed by atoms with Crippen LogP contribution in [0.5, 0.6) is 0 Å². The van der Waals surface area contributed by atoms with Crippen LogP contribution in [-0.2, 0) is 0 Å². The van der Waals surface area contributed by atoms with Crippen molar-refractivity contribution in [3.05, 3.63) is 53.2 Å². The summed E-state index contributed by atoms with van der Waals surface area (Å²) in [5, 5.41) is 1.23. The zero-order valence-electron chi connectivity index (χ0n) is 8.50. The molecule has 0 bridgehead atoms. The Morgan fingerprint density at radius 1 is 1.33 bits per heavy atom. The maximum absolute atomic E-state index is 5.59. The molecule has 0 spiro atoms. The van der Waals surface area contributed by atoms with E-state index in [1.165, 1.54) is 10.9 Å². The van der Waals surface area contributed by atoms with Crippen LogP contribution >= 0.6 is 11.6 Å². The average Bonchev–Trinajstić information content (AvgIpc) is 2.74. The highest BCUT2D eigenvalue weighted by atomic mass is 35.5. The van der Waals surface area contributed by atoms with Gasteiger partial charge in [-0.15, -0.1) is 0 Å². The lowest BCUT2D eigenvalue weighted by Crippen LogP contribution is -1.75. The Morgan fingerprint density at radius 3 is 3.00 bits per heavy atom. The van der Waals surface area contributed by atoms with E-state index in [1.54, 1.807) is 5.54 Å². The van der Waals surface area contributed by atoms with Crippen molar-refractivity contribution in [2.75, 3.05) is 0 Å². The molecule has 0 unspecified atom stereocenters. The summed E-state index contributed by atoms with van der Waals surface area (Å²) >= 11 is 5.59. The standard InChI is InChI=1S/C13H12ClN/c1-10(9-14)5-6-11-3-2-4-12-7-8-15-13(11)12/h2-9,15H,1H3/b6-5+,10-9+. The summed E-state index contributed by atoms with van der Waals surface area (Å²) < 4.78 is 0. The molecule has 2 rings (SSSR count). The Hall–Kier alpha value is -1.47. The van der Waals surface area contributed by atoms with Crippen molar-refractivity contribution in [2.24, 2.45) is 0 Å². The smallest absolute Gasteiger partial charge is 0.0527 e. The molecule has 15 heavy (non-hydrogen) atoms. The third-order valence-corrected chi connectivity index (χ3v) is 2.66. The van der Waals surface area contributed by atoms with Gasteiger partial charge in [0.25, 0.3) is 0 Å². The molecule has 76 valence electrons. The molecule has 1 nitrogen and oxygen atoms in total. The second-order valence-electron chi connectivity index (χ2n) is 3.48. The fourth-order valence-electron chi connectivity index (χ4n) is 1.51. The van der Waals surface area contributed by atoms with Gasteiger partial charge in [-0.1, -0.05) is 42.0 Å². The van der Waals surface area contributed by atoms with Crippen molar-refractivity contribution in [3.63, 3.8) is 0 Å². The lowest BCUT2D eigenvalue weighted by Gasteiger charge is -1.96. The molecule has 1 aromatic carbocycles. The predicted octanol–water partition coefficient (Wildman–Crippen LogP) is 4.32. The fourth-order valence-corrected chi connectivity index (χ4v) is 1.58. The molecular formula is C13H12ClN. The summed E-state index contributed by atoms with van der Waals surface area (Å²) in [6, 6.07) is 8.29. The quantitative estimate of drug-likeness (QED) is 0.721. The molecule has 1 aromatic heterocycles. The van der Waals surface area contributed by atoms with E-state index in [0.29, 0.717) is 0 Å². The summed E-state index contributed by atoms with van der Waals surface area (Å²) in [6.07, 6.45) is 6.02. The van der Waals surface area contributed by atoms with Crippen molar-refractivity contribution >= 4 is 28.6 Å². The molecular weight excluding hydrogens is 206 g/mol. The first-order valence-corrected chi connectivity index (χ1v) is 5.26. The van der Waals surface area contributed by atoms with Crippen LogP contribution in [0.15, 0.2) is 47.6 Å². The van der Waals surface area contributed by atoms with E-state index in [9.17, 15) is 0 Å². The van der Waals surface area contributed by atoms with Gasteiger partial charge in [0.05, 0.1) is 5.52 Å². The van der Waals surface area contributed by atoms with E-state index in [1.807, 2.05) is 19.2 Å². The van der Waals surface area contributed by atoms with Crippen LogP contribution in [-0.4, -0.2) is 4.98 Å². The molecule has 1 heterocycles. The largest absolute Gasteiger partial charge is 0.361 e. The first-order valence-electron chi connectivity index (χ1n) is 4.82. The van der Waals surface area contributed by atoms with E-state index in [0.717, 1.165) is 11.1 Å². The molecule has 1 N–H and O–H groups in total. The van der Waals surface area contributed by atoms with Gasteiger partial charge >= 0.3 is 0 Å². The predicted molar refractivity (Wildman–Crippen MR) is 66.9 cm³/mol. The minimum absolute atomic E-state index is 1.04. The van der Waals surface area contributed by atoms with Gasteiger partial charge in [-0.2, -0.15) is 0 Å². The highest BCUT2D eigenvalue weighted by Crippen LogP contribution is 2.18. The second kappa shape index (κ2) is 4.37. The lowest BCUT2D eigenvalue weighted by atomic mass is 10.1. The Kier molecular flexibility index (Phi) is 2.93. The van der Waals surface area contributed by atoms with Gasteiger partial charge in [-0.05, 0) is 29.5 Å². The van der Waals surface area contributed by atoms with Crippen molar-refractivity contribution in [1.29, 1.82) is 0 Å². The number of aromatic amines is 1. The van der Waals surface area contributed by atoms with E-state index >= 15 is 0 Å². The number of H-pyrrole nitrogens is 1. The lowest BCUT2D eigenvalue weighted by molar-refractivity contribution is 1.47. The van der Waals surface area contributed by atoms with Crippen molar-refractivity contribution in [2.45, 2.75) is 6.92 Å². The first-order chi connectivity index (χ1) is 7.31. The summed E-state index contributed by atoms with van der Waals surface area (Å²) in [6.45, 7) is 1.97. The molecule has 0 aliphatic heterocycles. The third kappa shape index (κ3) is 2.13. The number of para-hydroxylation sites is 1. The van der Waals surface area contributed by atoms with E-state index in [-0.39, 0.29) is 0 Å². The fraction of sp³-hybridized carbons (Fsp3) is 0.0769. The minimum Gasteiger partial charge on any atom is -0.361 e. The van der Waals surface area contributed by atoms with Crippen LogP contribution in [0, 0.1) is 0 Å². The summed E-state index contributed by atoms with van der Waals surface area (Å²) in [5.41, 5.74) is 4.96. The van der Waals surface area contributed by atoms with E-state index in [4.69, 9.17) is 11.6 Å². The molecule has 0 saturated carbocycles. The second-order valence-corrected chi connectivity index (χ2v) is 3.69. The molecule has 0 radical (unpaired) electrons. The maximum Gasteiger partial charge on any atom is 0.0527 e. The number of hydrogen-bond donors (Lipinski definition) is 1. The monoisotopic (exact) mass is 217 g/mol. The third-order valence-electron chi connectivity index (χ3n) is 2.32. The average molecular weight is 218 g/mol. The van der Waals surface area contributed by atoms with Crippen molar-refractivity contribution in [3.8, 4) is 0 Å². The molecule has 0 aliphatic rings. The SMILES string of the molecule is CC(/C=C/c1cccc2cc[nH]c12)=C\Cl. The number of allylic oxidation sites excluding steroid dienone is 2. The van der Waals surface area contributed by atoms with Crippen LogP contribution < -0.4 is 0 Å². The van der Waals surface area contributed by atoms with Crippen LogP contribution in [0.3, 0.4) is 0 Å². The van der Waals surface area contributed by atoms with Gasteiger partial charge in [0.2, 0.25) is 0 Å². The Labute approximate surface area is 94.1 Å². The minimum atomic E-state index is 1.04. The van der Waals surface area contributed by atoms with Crippen LogP contribution in [0.2, 0.25) is 0 Å². The number of aromatic nitrogens is 1. The zero-order chi connectivity index (χ0) is 10.7. The molecule has 0 atom stereocenters. The van der Waals surface area contributed by atoms with Crippen LogP contribution in [0.1, 0.15) is 12.5 Å². The summed E-state index contributed by atoms with van der Waals surface area (Å²) in [5.74, 6) is 0. The van der Waals surface area contributed by atoms with E-state index < -0.39 is 0 Å². The van der Waals surface area contributed by atoms with Gasteiger partial charge in [0.15, 0.2) is 0 Å². The zero-order valence-corrected chi connectivity index (χ0v) is 9.25. The van der Waals surface area contributed by atoms with Gasteiger partial charge in [0, 0.05) is 11.7 Å². The van der Waals surface area contributed by atoms with Gasteiger partial charge < -0.3 is 4.98 Å². The van der Waals surface area contributed by atoms with Gasteiger partial charge in [-0.25, -0.2) is 0 Å². The number of rotatable bonds is 2. The number of hydrogen-bond acceptors (Lipinski definition) is 0. The molecule has 0 saturated heterocycles. The number of halogens is 1. The molecule has 0 aliphatic carbocycles. The van der Waals surface area contributed by atoms with Gasteiger partial charge in [-0.3, -0.25) is 0 Å². The molecule has 0 amide bonds. The number of nitrogens with one attached hydrogen (secondary N) is 1. The highest BCUT2D eigenvalue weighted by Gasteiger charge is 1.97. The number of benzene rings is 1. The Morgan fingerprint density at radius 2 is 2.20 bits per heavy atom. The normalized spacial score (nSPS) is 12.8. The highest BCUT2D eigenvalue weighted by molar-refractivity contribution is 6.25. The van der Waals surface area contributed by atoms with E-state index in [2.05, 4.69) is 35.3 Å². The maximum atomic E-state index is 5.59. The van der Waals surface area contributed by atoms with Crippen LogP contribution in [0.4, 0.5) is 0 Å². The first kappa shape index (κ1) is 10.1. The molecule has 2 aromatic rings. The van der Waals surface area contributed by atoms with Crippen molar-refractivity contribution in [1.82, 2.24) is 4.98 Å². The Bertz CT molecular complexity index is 520. The molecule has 2 heteroatoms.